The molecule has 1 aromatic carbocycles. The van der Waals surface area contributed by atoms with Crippen molar-refractivity contribution in [3.8, 4) is 0 Å². The molecule has 0 bridgehead atoms. The number of anilines is 1. The van der Waals surface area contributed by atoms with Crippen LogP contribution in [-0.4, -0.2) is 43.9 Å². The number of aliphatic hydroxyl groups is 1. The Bertz CT molecular complexity index is 565. The third-order valence-corrected chi connectivity index (χ3v) is 3.91. The van der Waals surface area contributed by atoms with Gasteiger partial charge >= 0.3 is 6.18 Å². The van der Waals surface area contributed by atoms with Crippen LogP contribution in [0.25, 0.3) is 0 Å². The van der Waals surface area contributed by atoms with Crippen molar-refractivity contribution in [2.45, 2.75) is 25.1 Å². The molecule has 0 saturated heterocycles. The molecule has 1 aromatic rings. The van der Waals surface area contributed by atoms with Gasteiger partial charge in [-0.05, 0) is 31.0 Å². The van der Waals surface area contributed by atoms with Gasteiger partial charge in [0.1, 0.15) is 9.84 Å². The summed E-state index contributed by atoms with van der Waals surface area (Å²) >= 11 is 0. The molecule has 0 fully saturated rings. The Hall–Kier alpha value is -1.28. The predicted octanol–water partition coefficient (Wildman–Crippen LogP) is 2.00. The minimum atomic E-state index is -4.71. The molecule has 0 aliphatic rings. The van der Waals surface area contributed by atoms with E-state index >= 15 is 0 Å². The highest BCUT2D eigenvalue weighted by atomic mass is 32.2. The Morgan fingerprint density at radius 1 is 1.19 bits per heavy atom. The molecule has 4 nitrogen and oxygen atoms in total. The van der Waals surface area contributed by atoms with Gasteiger partial charge < -0.3 is 10.4 Å². The van der Waals surface area contributed by atoms with Crippen molar-refractivity contribution in [2.24, 2.45) is 0 Å². The highest BCUT2D eigenvalue weighted by molar-refractivity contribution is 7.90. The van der Waals surface area contributed by atoms with E-state index in [9.17, 15) is 26.7 Å². The molecule has 0 amide bonds. The van der Waals surface area contributed by atoms with Gasteiger partial charge in [0.25, 0.3) is 0 Å². The number of rotatable bonds is 6. The van der Waals surface area contributed by atoms with Gasteiger partial charge in [-0.2, -0.15) is 13.2 Å². The van der Waals surface area contributed by atoms with Gasteiger partial charge in [0.05, 0.1) is 12.3 Å². The maximum atomic E-state index is 12.5. The lowest BCUT2D eigenvalue weighted by atomic mass is 10.1. The van der Waals surface area contributed by atoms with Crippen LogP contribution in [0.4, 0.5) is 18.9 Å². The van der Waals surface area contributed by atoms with Crippen molar-refractivity contribution in [3.63, 3.8) is 0 Å². The van der Waals surface area contributed by atoms with Crippen LogP contribution in [0.2, 0.25) is 0 Å². The first-order valence-electron chi connectivity index (χ1n) is 6.20. The molecule has 2 N–H and O–H groups in total. The van der Waals surface area contributed by atoms with Crippen molar-refractivity contribution >= 4 is 15.5 Å². The number of halogens is 3. The summed E-state index contributed by atoms with van der Waals surface area (Å²) in [7, 11) is -3.05. The van der Waals surface area contributed by atoms with E-state index in [0.717, 1.165) is 11.8 Å². The summed E-state index contributed by atoms with van der Waals surface area (Å²) in [5, 5.41) is 11.8. The minimum Gasteiger partial charge on any atom is -0.382 e. The first kappa shape index (κ1) is 17.8. The van der Waals surface area contributed by atoms with Gasteiger partial charge in [0.15, 0.2) is 5.60 Å². The fourth-order valence-electron chi connectivity index (χ4n) is 1.47. The van der Waals surface area contributed by atoms with Gasteiger partial charge in [-0.25, -0.2) is 8.42 Å². The lowest BCUT2D eigenvalue weighted by Gasteiger charge is -2.26. The summed E-state index contributed by atoms with van der Waals surface area (Å²) in [4.78, 5) is 0. The number of aryl methyl sites for hydroxylation is 1. The third kappa shape index (κ3) is 5.92. The average Bonchev–Trinajstić information content (AvgIpc) is 2.33. The molecular weight excluding hydrogens is 307 g/mol. The Labute approximate surface area is 121 Å². The van der Waals surface area contributed by atoms with E-state index in [0.29, 0.717) is 19.0 Å². The van der Waals surface area contributed by atoms with Crippen molar-refractivity contribution in [1.82, 2.24) is 0 Å². The Morgan fingerprint density at radius 3 is 2.14 bits per heavy atom. The van der Waals surface area contributed by atoms with Crippen LogP contribution in [0.15, 0.2) is 24.3 Å². The molecule has 0 aliphatic heterocycles. The van der Waals surface area contributed by atoms with Gasteiger partial charge in [0, 0.05) is 11.9 Å². The SMILES string of the molecule is CC(O)(CNc1ccc(CCS(C)(=O)=O)cc1)C(F)(F)F. The van der Waals surface area contributed by atoms with E-state index in [1.807, 2.05) is 0 Å². The number of alkyl halides is 3. The van der Waals surface area contributed by atoms with Gasteiger partial charge in [-0.15, -0.1) is 0 Å². The smallest absolute Gasteiger partial charge is 0.382 e. The van der Waals surface area contributed by atoms with Gasteiger partial charge in [0.2, 0.25) is 0 Å². The fraction of sp³-hybridized carbons (Fsp3) is 0.538. The second-order valence-electron chi connectivity index (χ2n) is 5.20. The lowest BCUT2D eigenvalue weighted by Crippen LogP contribution is -2.47. The van der Waals surface area contributed by atoms with Crippen LogP contribution < -0.4 is 5.32 Å². The number of sulfone groups is 1. The van der Waals surface area contributed by atoms with E-state index in [2.05, 4.69) is 5.32 Å². The zero-order valence-corrected chi connectivity index (χ0v) is 12.6. The number of nitrogens with one attached hydrogen (secondary N) is 1. The monoisotopic (exact) mass is 325 g/mol. The molecule has 0 aromatic heterocycles. The molecule has 8 heteroatoms. The Balaban J connectivity index is 2.60. The van der Waals surface area contributed by atoms with E-state index in [-0.39, 0.29) is 5.75 Å². The number of hydrogen-bond acceptors (Lipinski definition) is 4. The number of hydrogen-bond donors (Lipinski definition) is 2. The maximum absolute atomic E-state index is 12.5. The van der Waals surface area contributed by atoms with Crippen molar-refractivity contribution < 1.29 is 26.7 Å². The molecular formula is C13H18F3NO3S. The summed E-state index contributed by atoms with van der Waals surface area (Å²) in [6, 6.07) is 6.36. The average molecular weight is 325 g/mol. The van der Waals surface area contributed by atoms with Crippen LogP contribution in [0, 0.1) is 0 Å². The summed E-state index contributed by atoms with van der Waals surface area (Å²) in [6.45, 7) is 0.0274. The fourth-order valence-corrected chi connectivity index (χ4v) is 2.07. The number of benzene rings is 1. The normalized spacial score (nSPS) is 15.5. The summed E-state index contributed by atoms with van der Waals surface area (Å²) in [5.41, 5.74) is -1.63. The molecule has 21 heavy (non-hydrogen) atoms. The van der Waals surface area contributed by atoms with E-state index in [1.165, 1.54) is 0 Å². The summed E-state index contributed by atoms with van der Waals surface area (Å²) in [5.74, 6) is 0.0164. The molecule has 0 aliphatic carbocycles. The molecule has 1 atom stereocenters. The van der Waals surface area contributed by atoms with Crippen LogP contribution in [0.5, 0.6) is 0 Å². The standard InChI is InChI=1S/C13H18F3NO3S/c1-12(18,13(14,15)16)9-17-11-5-3-10(4-6-11)7-8-21(2,19)20/h3-6,17-18H,7-9H2,1-2H3. The summed E-state index contributed by atoms with van der Waals surface area (Å²) < 4.78 is 59.5. The molecule has 120 valence electrons. The molecule has 0 heterocycles. The van der Waals surface area contributed by atoms with Crippen molar-refractivity contribution in [1.29, 1.82) is 0 Å². The maximum Gasteiger partial charge on any atom is 0.418 e. The topological polar surface area (TPSA) is 66.4 Å². The van der Waals surface area contributed by atoms with Crippen LogP contribution in [0.3, 0.4) is 0 Å². The third-order valence-electron chi connectivity index (χ3n) is 2.96. The summed E-state index contributed by atoms with van der Waals surface area (Å²) in [6.07, 6.45) is -3.23. The van der Waals surface area contributed by atoms with Gasteiger partial charge in [-0.3, -0.25) is 0 Å². The first-order chi connectivity index (χ1) is 9.41. The zero-order valence-electron chi connectivity index (χ0n) is 11.7. The van der Waals surface area contributed by atoms with Crippen LogP contribution >= 0.6 is 0 Å². The lowest BCUT2D eigenvalue weighted by molar-refractivity contribution is -0.246. The molecule has 0 saturated carbocycles. The van der Waals surface area contributed by atoms with E-state index in [4.69, 9.17) is 0 Å². The first-order valence-corrected chi connectivity index (χ1v) is 8.26. The second-order valence-corrected chi connectivity index (χ2v) is 7.46. The van der Waals surface area contributed by atoms with E-state index in [1.54, 1.807) is 24.3 Å². The Kier molecular flexibility index (Phi) is 5.27. The Morgan fingerprint density at radius 2 is 1.71 bits per heavy atom. The highest BCUT2D eigenvalue weighted by Gasteiger charge is 2.49. The van der Waals surface area contributed by atoms with Crippen molar-refractivity contribution in [3.05, 3.63) is 29.8 Å². The minimum absolute atomic E-state index is 0.0164. The molecule has 0 radical (unpaired) electrons. The molecule has 1 unspecified atom stereocenters. The zero-order chi connectivity index (χ0) is 16.3. The van der Waals surface area contributed by atoms with Crippen LogP contribution in [-0.2, 0) is 16.3 Å². The highest BCUT2D eigenvalue weighted by Crippen LogP contribution is 2.30. The predicted molar refractivity (Wildman–Crippen MR) is 75.0 cm³/mol. The van der Waals surface area contributed by atoms with E-state index < -0.39 is 28.2 Å². The quantitative estimate of drug-likeness (QED) is 0.839. The van der Waals surface area contributed by atoms with Crippen LogP contribution in [0.1, 0.15) is 12.5 Å². The largest absolute Gasteiger partial charge is 0.418 e. The van der Waals surface area contributed by atoms with Crippen molar-refractivity contribution in [2.75, 3.05) is 23.9 Å². The molecule has 1 rings (SSSR count). The second kappa shape index (κ2) is 6.23. The van der Waals surface area contributed by atoms with Gasteiger partial charge in [-0.1, -0.05) is 12.1 Å². The molecule has 0 spiro atoms.